The first-order chi connectivity index (χ1) is 10.7. The molecule has 0 spiro atoms. The summed E-state index contributed by atoms with van der Waals surface area (Å²) in [6, 6.07) is 4.15. The van der Waals surface area contributed by atoms with Gasteiger partial charge in [-0.25, -0.2) is 0 Å². The lowest BCUT2D eigenvalue weighted by Crippen LogP contribution is -2.06. The Labute approximate surface area is 131 Å². The smallest absolute Gasteiger partial charge is 0.230 e. The van der Waals surface area contributed by atoms with Crippen molar-refractivity contribution in [2.24, 2.45) is 5.41 Å². The fourth-order valence-corrected chi connectivity index (χ4v) is 4.18. The predicted molar refractivity (Wildman–Crippen MR) is 83.6 cm³/mol. The van der Waals surface area contributed by atoms with Crippen molar-refractivity contribution < 1.29 is 4.52 Å². The lowest BCUT2D eigenvalue weighted by Gasteiger charge is -2.17. The minimum atomic E-state index is 0.166. The molecule has 2 aliphatic carbocycles. The largest absolute Gasteiger partial charge is 0.339 e. The molecule has 0 bridgehead atoms. The van der Waals surface area contributed by atoms with Crippen molar-refractivity contribution in [2.45, 2.75) is 63.7 Å². The zero-order valence-electron chi connectivity index (χ0n) is 13.3. The lowest BCUT2D eigenvalue weighted by molar-refractivity contribution is 0.351. The summed E-state index contributed by atoms with van der Waals surface area (Å²) in [6.07, 6.45) is 10.1. The van der Waals surface area contributed by atoms with Crippen molar-refractivity contribution >= 4 is 0 Å². The van der Waals surface area contributed by atoms with Gasteiger partial charge in [0.15, 0.2) is 5.82 Å². The van der Waals surface area contributed by atoms with Crippen LogP contribution >= 0.6 is 0 Å². The molecule has 0 aromatic carbocycles. The number of hydrogen-bond acceptors (Lipinski definition) is 4. The van der Waals surface area contributed by atoms with Gasteiger partial charge in [-0.3, -0.25) is 4.98 Å². The number of aromatic nitrogens is 3. The van der Waals surface area contributed by atoms with Crippen LogP contribution in [0.25, 0.3) is 0 Å². The molecule has 0 amide bonds. The maximum atomic E-state index is 5.65. The number of nitrogens with zero attached hydrogens (tertiary/aromatic N) is 3. The molecule has 2 aromatic heterocycles. The maximum absolute atomic E-state index is 5.65. The molecule has 4 rings (SSSR count). The van der Waals surface area contributed by atoms with Crippen molar-refractivity contribution in [2.75, 3.05) is 0 Å². The highest BCUT2D eigenvalue weighted by Crippen LogP contribution is 2.69. The van der Waals surface area contributed by atoms with E-state index in [1.807, 2.05) is 18.5 Å². The molecule has 0 radical (unpaired) electrons. The van der Waals surface area contributed by atoms with E-state index in [-0.39, 0.29) is 5.41 Å². The highest BCUT2D eigenvalue weighted by atomic mass is 16.5. The summed E-state index contributed by atoms with van der Waals surface area (Å²) >= 11 is 0. The van der Waals surface area contributed by atoms with Gasteiger partial charge in [-0.2, -0.15) is 4.98 Å². The van der Waals surface area contributed by atoms with Gasteiger partial charge < -0.3 is 4.52 Å². The summed E-state index contributed by atoms with van der Waals surface area (Å²) in [5.74, 6) is 3.01. The zero-order valence-corrected chi connectivity index (χ0v) is 13.3. The molecular weight excluding hydrogens is 274 g/mol. The minimum absolute atomic E-state index is 0.166. The summed E-state index contributed by atoms with van der Waals surface area (Å²) in [5.41, 5.74) is 1.44. The molecule has 2 aromatic rings. The van der Waals surface area contributed by atoms with Gasteiger partial charge >= 0.3 is 0 Å². The first-order valence-electron chi connectivity index (χ1n) is 8.41. The van der Waals surface area contributed by atoms with Crippen LogP contribution in [0.4, 0.5) is 0 Å². The lowest BCUT2D eigenvalue weighted by atomic mass is 9.89. The van der Waals surface area contributed by atoms with Crippen LogP contribution in [-0.4, -0.2) is 15.1 Å². The Morgan fingerprint density at radius 1 is 1.14 bits per heavy atom. The molecule has 2 aliphatic rings. The third-order valence-corrected chi connectivity index (χ3v) is 5.56. The van der Waals surface area contributed by atoms with E-state index in [9.17, 15) is 0 Å². The zero-order chi connectivity index (χ0) is 15.2. The molecule has 2 atom stereocenters. The van der Waals surface area contributed by atoms with Gasteiger partial charge in [-0.15, -0.1) is 0 Å². The van der Waals surface area contributed by atoms with Crippen molar-refractivity contribution in [3.05, 3.63) is 41.8 Å². The average molecular weight is 297 g/mol. The molecule has 4 nitrogen and oxygen atoms in total. The van der Waals surface area contributed by atoms with E-state index >= 15 is 0 Å². The molecule has 116 valence electrons. The number of pyridine rings is 1. The Morgan fingerprint density at radius 3 is 2.68 bits per heavy atom. The molecular formula is C18H23N3O. The highest BCUT2D eigenvalue weighted by Gasteiger charge is 2.62. The maximum Gasteiger partial charge on any atom is 0.230 e. The quantitative estimate of drug-likeness (QED) is 0.841. The Kier molecular flexibility index (Phi) is 3.28. The second-order valence-corrected chi connectivity index (χ2v) is 7.39. The van der Waals surface area contributed by atoms with Crippen LogP contribution in [0, 0.1) is 5.41 Å². The predicted octanol–water partition coefficient (Wildman–Crippen LogP) is 4.42. The topological polar surface area (TPSA) is 51.8 Å². The molecule has 2 saturated carbocycles. The molecule has 0 unspecified atom stereocenters. The van der Waals surface area contributed by atoms with Crippen LogP contribution in [0.2, 0.25) is 0 Å². The number of rotatable bonds is 3. The first-order valence-corrected chi connectivity index (χ1v) is 8.41. The second kappa shape index (κ2) is 5.18. The van der Waals surface area contributed by atoms with E-state index in [0.29, 0.717) is 17.8 Å². The van der Waals surface area contributed by atoms with Crippen LogP contribution < -0.4 is 0 Å². The summed E-state index contributed by atoms with van der Waals surface area (Å²) in [6.45, 7) is 4.56. The van der Waals surface area contributed by atoms with Gasteiger partial charge in [-0.1, -0.05) is 44.3 Å². The Bertz CT molecular complexity index is 643. The fourth-order valence-electron chi connectivity index (χ4n) is 4.18. The van der Waals surface area contributed by atoms with Crippen molar-refractivity contribution in [3.63, 3.8) is 0 Å². The normalized spacial score (nSPS) is 27.7. The molecule has 2 fully saturated rings. The third-order valence-electron chi connectivity index (χ3n) is 5.56. The molecule has 4 heteroatoms. The monoisotopic (exact) mass is 297 g/mol. The minimum Gasteiger partial charge on any atom is -0.339 e. The summed E-state index contributed by atoms with van der Waals surface area (Å²) in [7, 11) is 0. The van der Waals surface area contributed by atoms with Gasteiger partial charge in [0, 0.05) is 24.2 Å². The Morgan fingerprint density at radius 2 is 1.95 bits per heavy atom. The van der Waals surface area contributed by atoms with Gasteiger partial charge in [0.25, 0.3) is 0 Å². The van der Waals surface area contributed by atoms with E-state index in [1.165, 1.54) is 37.7 Å². The average Bonchev–Trinajstić information content (AvgIpc) is 2.90. The van der Waals surface area contributed by atoms with Crippen LogP contribution in [0.3, 0.4) is 0 Å². The summed E-state index contributed by atoms with van der Waals surface area (Å²) < 4.78 is 5.65. The second-order valence-electron chi connectivity index (χ2n) is 7.39. The van der Waals surface area contributed by atoms with Gasteiger partial charge in [0.1, 0.15) is 0 Å². The van der Waals surface area contributed by atoms with Gasteiger partial charge in [0.05, 0.1) is 5.92 Å². The highest BCUT2D eigenvalue weighted by molar-refractivity contribution is 5.35. The van der Waals surface area contributed by atoms with Gasteiger partial charge in [-0.05, 0) is 29.9 Å². The molecule has 22 heavy (non-hydrogen) atoms. The molecule has 0 saturated heterocycles. The Hall–Kier alpha value is -1.71. The van der Waals surface area contributed by atoms with Crippen molar-refractivity contribution in [1.29, 1.82) is 0 Å². The number of hydrogen-bond donors (Lipinski definition) is 0. The van der Waals surface area contributed by atoms with Crippen molar-refractivity contribution in [3.8, 4) is 0 Å². The summed E-state index contributed by atoms with van der Waals surface area (Å²) in [5, 5.41) is 4.29. The fraction of sp³-hybridized carbons (Fsp3) is 0.611. The summed E-state index contributed by atoms with van der Waals surface area (Å²) in [4.78, 5) is 9.02. The van der Waals surface area contributed by atoms with Crippen molar-refractivity contribution in [1.82, 2.24) is 15.1 Å². The SMILES string of the molecule is CC1(C)[C@H](c2cccnc2)[C@H]1c1nc(C2CCCCC2)no1. The van der Waals surface area contributed by atoms with Crippen LogP contribution in [0.1, 0.15) is 81.0 Å². The van der Waals surface area contributed by atoms with Gasteiger partial charge in [0.2, 0.25) is 5.89 Å². The third kappa shape index (κ3) is 2.25. The molecule has 0 aliphatic heterocycles. The standard InChI is InChI=1S/C18H23N3O/c1-18(2)14(13-9-6-10-19-11-13)15(18)17-20-16(21-22-17)12-7-4-3-5-8-12/h6,9-12,14-15H,3-5,7-8H2,1-2H3/t14-,15+/m1/s1. The Balaban J connectivity index is 1.56. The van der Waals surface area contributed by atoms with E-state index < -0.39 is 0 Å². The first kappa shape index (κ1) is 13.9. The van der Waals surface area contributed by atoms with Crippen LogP contribution in [-0.2, 0) is 0 Å². The van der Waals surface area contributed by atoms with E-state index in [2.05, 4.69) is 30.1 Å². The molecule has 0 N–H and O–H groups in total. The molecule has 2 heterocycles. The van der Waals surface area contributed by atoms with E-state index in [4.69, 9.17) is 9.51 Å². The van der Waals surface area contributed by atoms with Crippen LogP contribution in [0.5, 0.6) is 0 Å². The van der Waals surface area contributed by atoms with E-state index in [0.717, 1.165) is 11.7 Å². The van der Waals surface area contributed by atoms with E-state index in [1.54, 1.807) is 0 Å². The van der Waals surface area contributed by atoms with Crippen LogP contribution in [0.15, 0.2) is 29.0 Å².